The Labute approximate surface area is 108 Å². The Kier molecular flexibility index (Phi) is 3.65. The first-order valence-electron chi connectivity index (χ1n) is 4.71. The van der Waals surface area contributed by atoms with Gasteiger partial charge in [0, 0.05) is 9.45 Å². The molecule has 0 spiro atoms. The van der Waals surface area contributed by atoms with Gasteiger partial charge in [0.1, 0.15) is 0 Å². The van der Waals surface area contributed by atoms with Crippen LogP contribution in [0.3, 0.4) is 0 Å². The smallest absolute Gasteiger partial charge is 0.0474 e. The van der Waals surface area contributed by atoms with E-state index in [9.17, 15) is 0 Å². The normalized spacial score (nSPS) is 10.3. The van der Waals surface area contributed by atoms with Crippen LogP contribution in [-0.4, -0.2) is 0 Å². The largest absolute Gasteiger partial charge is 0.122 e. The van der Waals surface area contributed by atoms with Crippen molar-refractivity contribution in [2.75, 3.05) is 0 Å². The summed E-state index contributed by atoms with van der Waals surface area (Å²) in [6.45, 7) is 0. The van der Waals surface area contributed by atoms with Crippen LogP contribution in [0.1, 0.15) is 5.56 Å². The molecule has 0 unspecified atom stereocenters. The molecule has 0 aliphatic rings. The lowest BCUT2D eigenvalue weighted by molar-refractivity contribution is 1.39. The Bertz CT molecular complexity index is 451. The average molecular weight is 329 g/mol. The van der Waals surface area contributed by atoms with Crippen molar-refractivity contribution in [3.05, 3.63) is 57.7 Å². The summed E-state index contributed by atoms with van der Waals surface area (Å²) in [6.07, 6.45) is 0. The molecule has 0 atom stereocenters. The van der Waals surface area contributed by atoms with Gasteiger partial charge in [0.25, 0.3) is 0 Å². The fraction of sp³-hybridized carbons (Fsp3) is 0.0769. The van der Waals surface area contributed by atoms with Crippen LogP contribution in [0.5, 0.6) is 0 Å². The molecule has 0 aromatic heterocycles. The lowest BCUT2D eigenvalue weighted by Crippen LogP contribution is -1.85. The molecule has 0 aliphatic carbocycles. The zero-order valence-corrected chi connectivity index (χ0v) is 11.0. The van der Waals surface area contributed by atoms with Crippen LogP contribution in [0, 0.1) is 3.57 Å². The van der Waals surface area contributed by atoms with Crippen LogP contribution < -0.4 is 0 Å². The molecule has 0 heterocycles. The first-order valence-corrected chi connectivity index (χ1v) is 6.32. The summed E-state index contributed by atoms with van der Waals surface area (Å²) in [5.41, 5.74) is 3.69. The van der Waals surface area contributed by atoms with Gasteiger partial charge in [-0.1, -0.05) is 42.5 Å². The summed E-state index contributed by atoms with van der Waals surface area (Å²) < 4.78 is 1.25. The molecule has 0 bridgehead atoms. The molecule has 0 amide bonds. The summed E-state index contributed by atoms with van der Waals surface area (Å²) in [6, 6.07) is 16.7. The molecule has 15 heavy (non-hydrogen) atoms. The summed E-state index contributed by atoms with van der Waals surface area (Å²) >= 11 is 8.15. The van der Waals surface area contributed by atoms with Crippen LogP contribution in [-0.2, 0) is 5.88 Å². The molecular formula is C13H10ClI. The van der Waals surface area contributed by atoms with Gasteiger partial charge in [-0.05, 0) is 45.3 Å². The lowest BCUT2D eigenvalue weighted by atomic mass is 10.0. The SMILES string of the molecule is ClCc1ccc(-c2ccccc2)c(I)c1. The van der Waals surface area contributed by atoms with Gasteiger partial charge < -0.3 is 0 Å². The maximum absolute atomic E-state index is 5.79. The van der Waals surface area contributed by atoms with Crippen molar-refractivity contribution < 1.29 is 0 Å². The Morgan fingerprint density at radius 3 is 2.33 bits per heavy atom. The second kappa shape index (κ2) is 4.99. The number of hydrogen-bond donors (Lipinski definition) is 0. The maximum atomic E-state index is 5.79. The van der Waals surface area contributed by atoms with Gasteiger partial charge in [0.2, 0.25) is 0 Å². The number of benzene rings is 2. The van der Waals surface area contributed by atoms with E-state index in [-0.39, 0.29) is 0 Å². The number of halogens is 2. The minimum Gasteiger partial charge on any atom is -0.122 e. The molecule has 0 radical (unpaired) electrons. The van der Waals surface area contributed by atoms with Crippen molar-refractivity contribution in [2.24, 2.45) is 0 Å². The van der Waals surface area contributed by atoms with E-state index in [4.69, 9.17) is 11.6 Å². The lowest BCUT2D eigenvalue weighted by Gasteiger charge is -2.06. The minimum absolute atomic E-state index is 0.574. The summed E-state index contributed by atoms with van der Waals surface area (Å²) in [5.74, 6) is 0.574. The van der Waals surface area contributed by atoms with Gasteiger partial charge in [-0.2, -0.15) is 0 Å². The van der Waals surface area contributed by atoms with Gasteiger partial charge in [-0.15, -0.1) is 11.6 Å². The molecule has 0 nitrogen and oxygen atoms in total. The molecule has 76 valence electrons. The second-order valence-corrected chi connectivity index (χ2v) is 4.74. The molecule has 0 N–H and O–H groups in total. The molecule has 0 saturated carbocycles. The highest BCUT2D eigenvalue weighted by Crippen LogP contribution is 2.26. The van der Waals surface area contributed by atoms with Crippen molar-refractivity contribution >= 4 is 34.2 Å². The van der Waals surface area contributed by atoms with E-state index < -0.39 is 0 Å². The van der Waals surface area contributed by atoms with Crippen LogP contribution in [0.15, 0.2) is 48.5 Å². The fourth-order valence-corrected chi connectivity index (χ4v) is 2.55. The van der Waals surface area contributed by atoms with E-state index in [0.29, 0.717) is 5.88 Å². The Morgan fingerprint density at radius 1 is 1.00 bits per heavy atom. The number of alkyl halides is 1. The summed E-state index contributed by atoms with van der Waals surface area (Å²) in [5, 5.41) is 0. The third kappa shape index (κ3) is 2.52. The summed E-state index contributed by atoms with van der Waals surface area (Å²) in [7, 11) is 0. The van der Waals surface area contributed by atoms with Crippen molar-refractivity contribution in [3.8, 4) is 11.1 Å². The van der Waals surface area contributed by atoms with E-state index >= 15 is 0 Å². The maximum Gasteiger partial charge on any atom is 0.0474 e. The molecule has 2 aromatic carbocycles. The third-order valence-electron chi connectivity index (χ3n) is 2.27. The summed E-state index contributed by atoms with van der Waals surface area (Å²) in [4.78, 5) is 0. The number of rotatable bonds is 2. The van der Waals surface area contributed by atoms with Crippen molar-refractivity contribution in [2.45, 2.75) is 5.88 Å². The minimum atomic E-state index is 0.574. The van der Waals surface area contributed by atoms with Gasteiger partial charge >= 0.3 is 0 Å². The number of hydrogen-bond acceptors (Lipinski definition) is 0. The van der Waals surface area contributed by atoms with Gasteiger partial charge in [-0.3, -0.25) is 0 Å². The quantitative estimate of drug-likeness (QED) is 0.554. The predicted octanol–water partition coefficient (Wildman–Crippen LogP) is 4.70. The highest BCUT2D eigenvalue weighted by molar-refractivity contribution is 14.1. The second-order valence-electron chi connectivity index (χ2n) is 3.31. The zero-order valence-electron chi connectivity index (χ0n) is 8.08. The molecule has 0 saturated heterocycles. The molecular weight excluding hydrogens is 318 g/mol. The van der Waals surface area contributed by atoms with Crippen molar-refractivity contribution in [1.29, 1.82) is 0 Å². The van der Waals surface area contributed by atoms with Crippen LogP contribution in [0.25, 0.3) is 11.1 Å². The Balaban J connectivity index is 2.46. The topological polar surface area (TPSA) is 0 Å². The van der Waals surface area contributed by atoms with Crippen molar-refractivity contribution in [1.82, 2.24) is 0 Å². The van der Waals surface area contributed by atoms with Crippen LogP contribution in [0.4, 0.5) is 0 Å². The first-order chi connectivity index (χ1) is 7.31. The molecule has 2 aromatic rings. The zero-order chi connectivity index (χ0) is 10.7. The first kappa shape index (κ1) is 11.0. The van der Waals surface area contributed by atoms with E-state index in [1.165, 1.54) is 20.3 Å². The van der Waals surface area contributed by atoms with Gasteiger partial charge in [-0.25, -0.2) is 0 Å². The van der Waals surface area contributed by atoms with E-state index in [1.807, 2.05) is 6.07 Å². The monoisotopic (exact) mass is 328 g/mol. The highest BCUT2D eigenvalue weighted by atomic mass is 127. The van der Waals surface area contributed by atoms with Crippen molar-refractivity contribution in [3.63, 3.8) is 0 Å². The standard InChI is InChI=1S/C13H10ClI/c14-9-10-6-7-12(13(15)8-10)11-4-2-1-3-5-11/h1-8H,9H2. The molecule has 2 heteroatoms. The highest BCUT2D eigenvalue weighted by Gasteiger charge is 2.02. The van der Waals surface area contributed by atoms with Gasteiger partial charge in [0.05, 0.1) is 0 Å². The van der Waals surface area contributed by atoms with Gasteiger partial charge in [0.15, 0.2) is 0 Å². The van der Waals surface area contributed by atoms with Crippen LogP contribution in [0.2, 0.25) is 0 Å². The molecule has 2 rings (SSSR count). The molecule has 0 aliphatic heterocycles. The van der Waals surface area contributed by atoms with E-state index in [1.54, 1.807) is 0 Å². The average Bonchev–Trinajstić information content (AvgIpc) is 2.30. The molecule has 0 fully saturated rings. The Hall–Kier alpha value is -0.540. The van der Waals surface area contributed by atoms with Crippen LogP contribution >= 0.6 is 34.2 Å². The Morgan fingerprint density at radius 2 is 1.73 bits per heavy atom. The predicted molar refractivity (Wildman–Crippen MR) is 74.2 cm³/mol. The third-order valence-corrected chi connectivity index (χ3v) is 3.47. The van der Waals surface area contributed by atoms with E-state index in [2.05, 4.69) is 65.1 Å². The fourth-order valence-electron chi connectivity index (χ4n) is 1.49. The van der Waals surface area contributed by atoms with E-state index in [0.717, 1.165) is 0 Å².